The van der Waals surface area contributed by atoms with Crippen molar-refractivity contribution in [2.75, 3.05) is 11.9 Å². The van der Waals surface area contributed by atoms with E-state index in [1.165, 1.54) is 0 Å². The van der Waals surface area contributed by atoms with Crippen molar-refractivity contribution >= 4 is 15.7 Å². The van der Waals surface area contributed by atoms with Crippen LogP contribution >= 0.6 is 0 Å². The lowest BCUT2D eigenvalue weighted by atomic mass is 10.1. The molecule has 5 nitrogen and oxygen atoms in total. The van der Waals surface area contributed by atoms with Gasteiger partial charge < -0.3 is 10.4 Å². The minimum absolute atomic E-state index is 0.0970. The Hall–Kier alpha value is -1.11. The van der Waals surface area contributed by atoms with Crippen molar-refractivity contribution in [3.63, 3.8) is 0 Å². The first-order valence-electron chi connectivity index (χ1n) is 7.59. The highest BCUT2D eigenvalue weighted by Crippen LogP contribution is 2.28. The average Bonchev–Trinajstić information content (AvgIpc) is 3.16. The Balaban J connectivity index is 1.72. The molecule has 1 aromatic carbocycles. The number of anilines is 1. The first-order chi connectivity index (χ1) is 10.1. The van der Waals surface area contributed by atoms with Gasteiger partial charge in [0.05, 0.1) is 11.8 Å². The van der Waals surface area contributed by atoms with Crippen LogP contribution < -0.4 is 10.0 Å². The molecular weight excluding hydrogens is 288 g/mol. The molecule has 0 radical (unpaired) electrons. The Morgan fingerprint density at radius 1 is 1.14 bits per heavy atom. The second-order valence-corrected chi connectivity index (χ2v) is 7.71. The van der Waals surface area contributed by atoms with E-state index in [0.717, 1.165) is 32.1 Å². The van der Waals surface area contributed by atoms with E-state index in [1.54, 1.807) is 18.2 Å². The summed E-state index contributed by atoms with van der Waals surface area (Å²) < 4.78 is 27.4. The topological polar surface area (TPSA) is 78.4 Å². The van der Waals surface area contributed by atoms with E-state index in [9.17, 15) is 13.5 Å². The Morgan fingerprint density at radius 2 is 1.90 bits per heavy atom. The first kappa shape index (κ1) is 14.8. The molecule has 2 aliphatic rings. The zero-order chi connectivity index (χ0) is 14.9. The Morgan fingerprint density at radius 3 is 2.57 bits per heavy atom. The number of aliphatic hydroxyl groups is 1. The molecule has 0 saturated heterocycles. The van der Waals surface area contributed by atoms with Crippen LogP contribution in [0.1, 0.15) is 32.1 Å². The van der Waals surface area contributed by atoms with E-state index in [0.29, 0.717) is 17.1 Å². The first-order valence-corrected chi connectivity index (χ1v) is 9.08. The van der Waals surface area contributed by atoms with Crippen LogP contribution in [0.2, 0.25) is 0 Å². The number of sulfonamides is 1. The van der Waals surface area contributed by atoms with Crippen LogP contribution in [-0.4, -0.2) is 32.2 Å². The van der Waals surface area contributed by atoms with Gasteiger partial charge in [-0.15, -0.1) is 0 Å². The molecule has 21 heavy (non-hydrogen) atoms. The number of benzene rings is 1. The fourth-order valence-electron chi connectivity index (χ4n) is 2.83. The lowest BCUT2D eigenvalue weighted by Crippen LogP contribution is -2.27. The van der Waals surface area contributed by atoms with E-state index in [1.807, 2.05) is 6.07 Å². The van der Waals surface area contributed by atoms with Gasteiger partial charge in [-0.1, -0.05) is 18.6 Å². The van der Waals surface area contributed by atoms with E-state index in [4.69, 9.17) is 0 Å². The standard InChI is InChI=1S/C15H22N2O3S/c18-14-6-3-4-11(14)10-16-13-5-1-2-7-15(13)21(19,20)17-12-8-9-12/h1-2,5,7,11-12,14,16-18H,3-4,6,8-10H2. The third kappa shape index (κ3) is 3.56. The summed E-state index contributed by atoms with van der Waals surface area (Å²) in [6.45, 7) is 0.608. The van der Waals surface area contributed by atoms with Crippen LogP contribution in [0.25, 0.3) is 0 Å². The SMILES string of the molecule is O=S(=O)(NC1CC1)c1ccccc1NCC1CCCC1O. The summed E-state index contributed by atoms with van der Waals surface area (Å²) in [6.07, 6.45) is 4.44. The second kappa shape index (κ2) is 5.94. The Labute approximate surface area is 125 Å². The maximum absolute atomic E-state index is 12.4. The van der Waals surface area contributed by atoms with Crippen molar-refractivity contribution in [1.29, 1.82) is 0 Å². The second-order valence-electron chi connectivity index (χ2n) is 6.03. The molecular formula is C15H22N2O3S. The van der Waals surface area contributed by atoms with E-state index < -0.39 is 10.0 Å². The summed E-state index contributed by atoms with van der Waals surface area (Å²) in [5.41, 5.74) is 0.616. The minimum Gasteiger partial charge on any atom is -0.393 e. The summed E-state index contributed by atoms with van der Waals surface area (Å²) in [6, 6.07) is 7.06. The summed E-state index contributed by atoms with van der Waals surface area (Å²) in [7, 11) is -3.46. The van der Waals surface area contributed by atoms with Crippen molar-refractivity contribution in [1.82, 2.24) is 4.72 Å². The molecule has 0 spiro atoms. The van der Waals surface area contributed by atoms with Gasteiger partial charge in [0.1, 0.15) is 4.90 Å². The van der Waals surface area contributed by atoms with Crippen LogP contribution in [0, 0.1) is 5.92 Å². The van der Waals surface area contributed by atoms with E-state index in [-0.39, 0.29) is 18.1 Å². The normalized spacial score (nSPS) is 26.0. The number of rotatable bonds is 6. The van der Waals surface area contributed by atoms with Gasteiger partial charge >= 0.3 is 0 Å². The van der Waals surface area contributed by atoms with Crippen LogP contribution in [0.15, 0.2) is 29.2 Å². The van der Waals surface area contributed by atoms with Crippen molar-refractivity contribution in [2.24, 2.45) is 5.92 Å². The van der Waals surface area contributed by atoms with Crippen LogP contribution in [0.5, 0.6) is 0 Å². The molecule has 1 aromatic rings. The van der Waals surface area contributed by atoms with Gasteiger partial charge in [-0.3, -0.25) is 0 Å². The van der Waals surface area contributed by atoms with Crippen molar-refractivity contribution in [2.45, 2.75) is 49.1 Å². The third-order valence-electron chi connectivity index (χ3n) is 4.25. The quantitative estimate of drug-likeness (QED) is 0.747. The zero-order valence-corrected chi connectivity index (χ0v) is 12.8. The highest BCUT2D eigenvalue weighted by atomic mass is 32.2. The maximum Gasteiger partial charge on any atom is 0.242 e. The monoisotopic (exact) mass is 310 g/mol. The van der Waals surface area contributed by atoms with Crippen LogP contribution in [0.3, 0.4) is 0 Å². The summed E-state index contributed by atoms with van der Waals surface area (Å²) in [5, 5.41) is 13.1. The van der Waals surface area contributed by atoms with E-state index >= 15 is 0 Å². The molecule has 0 aromatic heterocycles. The summed E-state index contributed by atoms with van der Waals surface area (Å²) >= 11 is 0. The third-order valence-corrected chi connectivity index (χ3v) is 5.83. The zero-order valence-electron chi connectivity index (χ0n) is 12.0. The predicted octanol–water partition coefficient (Wildman–Crippen LogP) is 1.70. The fraction of sp³-hybridized carbons (Fsp3) is 0.600. The smallest absolute Gasteiger partial charge is 0.242 e. The number of aliphatic hydroxyl groups excluding tert-OH is 1. The van der Waals surface area contributed by atoms with E-state index in [2.05, 4.69) is 10.0 Å². The highest BCUT2D eigenvalue weighted by molar-refractivity contribution is 7.89. The Bertz CT molecular complexity index is 599. The van der Waals surface area contributed by atoms with Gasteiger partial charge in [0, 0.05) is 18.5 Å². The number of nitrogens with one attached hydrogen (secondary N) is 2. The average molecular weight is 310 g/mol. The Kier molecular flexibility index (Phi) is 4.19. The molecule has 116 valence electrons. The van der Waals surface area contributed by atoms with Crippen molar-refractivity contribution < 1.29 is 13.5 Å². The fourth-order valence-corrected chi connectivity index (χ4v) is 4.32. The molecule has 3 rings (SSSR count). The molecule has 2 fully saturated rings. The van der Waals surface area contributed by atoms with Crippen LogP contribution in [0.4, 0.5) is 5.69 Å². The van der Waals surface area contributed by atoms with Gasteiger partial charge in [-0.2, -0.15) is 0 Å². The van der Waals surface area contributed by atoms with Crippen molar-refractivity contribution in [3.05, 3.63) is 24.3 Å². The number of hydrogen-bond donors (Lipinski definition) is 3. The van der Waals surface area contributed by atoms with Crippen molar-refractivity contribution in [3.8, 4) is 0 Å². The molecule has 2 aliphatic carbocycles. The number of para-hydroxylation sites is 1. The van der Waals surface area contributed by atoms with Gasteiger partial charge in [-0.25, -0.2) is 13.1 Å². The molecule has 0 amide bonds. The molecule has 2 unspecified atom stereocenters. The van der Waals surface area contributed by atoms with Gasteiger partial charge in [0.25, 0.3) is 0 Å². The lowest BCUT2D eigenvalue weighted by molar-refractivity contribution is 0.138. The minimum atomic E-state index is -3.46. The molecule has 0 heterocycles. The highest BCUT2D eigenvalue weighted by Gasteiger charge is 2.30. The summed E-state index contributed by atoms with van der Waals surface area (Å²) in [5.74, 6) is 0.206. The van der Waals surface area contributed by atoms with Gasteiger partial charge in [0.2, 0.25) is 10.0 Å². The molecule has 0 aliphatic heterocycles. The maximum atomic E-state index is 12.4. The number of hydrogen-bond acceptors (Lipinski definition) is 4. The lowest BCUT2D eigenvalue weighted by Gasteiger charge is -2.18. The van der Waals surface area contributed by atoms with Gasteiger partial charge in [0.15, 0.2) is 0 Å². The largest absolute Gasteiger partial charge is 0.393 e. The van der Waals surface area contributed by atoms with Crippen LogP contribution in [-0.2, 0) is 10.0 Å². The molecule has 2 saturated carbocycles. The predicted molar refractivity (Wildman–Crippen MR) is 81.6 cm³/mol. The molecule has 0 bridgehead atoms. The molecule has 6 heteroatoms. The molecule has 3 N–H and O–H groups in total. The van der Waals surface area contributed by atoms with Gasteiger partial charge in [-0.05, 0) is 37.8 Å². The molecule has 2 atom stereocenters. The summed E-state index contributed by atoms with van der Waals surface area (Å²) in [4.78, 5) is 0.296.